The topological polar surface area (TPSA) is 125 Å². The molecule has 10 nitrogen and oxygen atoms in total. The fraction of sp³-hybridized carbons (Fsp3) is 0.190. The summed E-state index contributed by atoms with van der Waals surface area (Å²) in [4.78, 5) is 48.0. The van der Waals surface area contributed by atoms with Gasteiger partial charge in [-0.3, -0.25) is 24.4 Å². The van der Waals surface area contributed by atoms with E-state index in [1.807, 2.05) is 6.07 Å². The largest absolute Gasteiger partial charge is 0.449 e. The van der Waals surface area contributed by atoms with Gasteiger partial charge >= 0.3 is 5.97 Å². The number of rotatable bonds is 6. The maximum absolute atomic E-state index is 12.9. The molecule has 0 radical (unpaired) electrons. The third-order valence-corrected chi connectivity index (χ3v) is 5.15. The molecule has 0 aliphatic carbocycles. The van der Waals surface area contributed by atoms with Crippen molar-refractivity contribution in [2.75, 3.05) is 5.32 Å². The molecule has 1 atom stereocenters. The third kappa shape index (κ3) is 4.40. The van der Waals surface area contributed by atoms with Crippen LogP contribution in [0.3, 0.4) is 0 Å². The molecule has 1 amide bonds. The molecule has 0 saturated heterocycles. The molecule has 2 aromatic carbocycles. The molecule has 1 unspecified atom stereocenters. The predicted molar refractivity (Wildman–Crippen MR) is 117 cm³/mol. The Balaban J connectivity index is 1.77. The van der Waals surface area contributed by atoms with Gasteiger partial charge in [-0.15, -0.1) is 0 Å². The number of nitrogens with one attached hydrogen (secondary N) is 1. The van der Waals surface area contributed by atoms with Crippen LogP contribution in [0.4, 0.5) is 11.4 Å². The number of nitrogens with zero attached hydrogens (tertiary/aromatic N) is 3. The number of hydrogen-bond acceptors (Lipinski definition) is 6. The van der Waals surface area contributed by atoms with Gasteiger partial charge in [0.05, 0.1) is 26.9 Å². The van der Waals surface area contributed by atoms with Crippen LogP contribution in [-0.2, 0) is 16.6 Å². The van der Waals surface area contributed by atoms with Crippen LogP contribution in [0, 0.1) is 17.0 Å². The molecule has 0 fully saturated rings. The normalized spacial score (nSPS) is 11.6. The van der Waals surface area contributed by atoms with Gasteiger partial charge in [0.15, 0.2) is 6.10 Å². The van der Waals surface area contributed by atoms with Crippen molar-refractivity contribution in [1.29, 1.82) is 0 Å². The minimum Gasteiger partial charge on any atom is -0.449 e. The number of anilines is 1. The summed E-state index contributed by atoms with van der Waals surface area (Å²) >= 11 is 5.93. The van der Waals surface area contributed by atoms with Gasteiger partial charge in [-0.1, -0.05) is 29.8 Å². The van der Waals surface area contributed by atoms with Crippen LogP contribution < -0.4 is 10.9 Å². The van der Waals surface area contributed by atoms with E-state index in [-0.39, 0.29) is 22.0 Å². The minimum atomic E-state index is -1.27. The van der Waals surface area contributed by atoms with Gasteiger partial charge < -0.3 is 10.1 Å². The van der Waals surface area contributed by atoms with Crippen molar-refractivity contribution in [1.82, 2.24) is 9.36 Å². The maximum Gasteiger partial charge on any atom is 0.340 e. The summed E-state index contributed by atoms with van der Waals surface area (Å²) < 4.78 is 8.13. The molecular formula is C21H19ClN4O6. The highest BCUT2D eigenvalue weighted by atomic mass is 35.5. The molecule has 166 valence electrons. The first kappa shape index (κ1) is 22.8. The standard InChI is InChI=1S/C21H19ClN4O6/c1-12-18(20(28)25(24(12)3)14-7-5-4-6-8-14)23-19(27)13(2)32-21(29)16-10-9-15(26(30)31)11-17(16)22/h4-11,13H,1-3H3,(H,23,27). The number of nitro groups is 1. The summed E-state index contributed by atoms with van der Waals surface area (Å²) in [5, 5.41) is 13.1. The van der Waals surface area contributed by atoms with Gasteiger partial charge in [-0.2, -0.15) is 0 Å². The molecule has 1 heterocycles. The van der Waals surface area contributed by atoms with Crippen molar-refractivity contribution in [3.63, 3.8) is 0 Å². The Bertz CT molecular complexity index is 1270. The summed E-state index contributed by atoms with van der Waals surface area (Å²) in [5.74, 6) is -1.65. The van der Waals surface area contributed by atoms with Crippen LogP contribution in [-0.4, -0.2) is 32.3 Å². The highest BCUT2D eigenvalue weighted by Gasteiger charge is 2.25. The molecule has 1 N–H and O–H groups in total. The Hall–Kier alpha value is -3.92. The van der Waals surface area contributed by atoms with E-state index in [9.17, 15) is 24.5 Å². The first-order valence-corrected chi connectivity index (χ1v) is 9.79. The lowest BCUT2D eigenvalue weighted by Crippen LogP contribution is -2.32. The van der Waals surface area contributed by atoms with Crippen molar-refractivity contribution >= 4 is 34.9 Å². The van der Waals surface area contributed by atoms with Gasteiger partial charge in [0.1, 0.15) is 5.69 Å². The zero-order valence-electron chi connectivity index (χ0n) is 17.4. The summed E-state index contributed by atoms with van der Waals surface area (Å²) in [6, 6.07) is 12.2. The fourth-order valence-electron chi connectivity index (χ4n) is 3.00. The molecule has 0 bridgehead atoms. The first-order chi connectivity index (χ1) is 15.1. The van der Waals surface area contributed by atoms with Gasteiger partial charge in [0, 0.05) is 19.2 Å². The molecule has 3 aromatic rings. The predicted octanol–water partition coefficient (Wildman–Crippen LogP) is 3.23. The number of esters is 1. The van der Waals surface area contributed by atoms with Crippen molar-refractivity contribution in [2.24, 2.45) is 7.05 Å². The summed E-state index contributed by atoms with van der Waals surface area (Å²) in [7, 11) is 1.68. The van der Waals surface area contributed by atoms with E-state index in [1.165, 1.54) is 11.6 Å². The number of halogens is 1. The smallest absolute Gasteiger partial charge is 0.340 e. The average Bonchev–Trinajstić information content (AvgIpc) is 2.97. The van der Waals surface area contributed by atoms with E-state index >= 15 is 0 Å². The average molecular weight is 459 g/mol. The Labute approximate surface area is 187 Å². The third-order valence-electron chi connectivity index (χ3n) is 4.84. The molecule has 1 aromatic heterocycles. The Morgan fingerprint density at radius 2 is 1.84 bits per heavy atom. The van der Waals surface area contributed by atoms with Gasteiger partial charge in [0.2, 0.25) is 0 Å². The molecule has 0 aliphatic rings. The molecule has 0 aliphatic heterocycles. The molecule has 0 spiro atoms. The van der Waals surface area contributed by atoms with Crippen molar-refractivity contribution in [3.05, 3.63) is 85.3 Å². The number of nitro benzene ring substituents is 1. The van der Waals surface area contributed by atoms with Gasteiger partial charge in [-0.25, -0.2) is 9.48 Å². The number of hydrogen-bond donors (Lipinski definition) is 1. The molecule has 3 rings (SSSR count). The molecule has 0 saturated carbocycles. The van der Waals surface area contributed by atoms with E-state index in [1.54, 1.807) is 42.9 Å². The van der Waals surface area contributed by atoms with Crippen molar-refractivity contribution < 1.29 is 19.2 Å². The van der Waals surface area contributed by atoms with E-state index in [0.717, 1.165) is 18.2 Å². The Kier molecular flexibility index (Phi) is 6.45. The lowest BCUT2D eigenvalue weighted by molar-refractivity contribution is -0.384. The van der Waals surface area contributed by atoms with Crippen molar-refractivity contribution in [3.8, 4) is 5.69 Å². The number of amides is 1. The second-order valence-electron chi connectivity index (χ2n) is 6.89. The van der Waals surface area contributed by atoms with Crippen LogP contribution in [0.5, 0.6) is 0 Å². The van der Waals surface area contributed by atoms with Crippen molar-refractivity contribution in [2.45, 2.75) is 20.0 Å². The SMILES string of the molecule is Cc1c(NC(=O)C(C)OC(=O)c2ccc([N+](=O)[O-])cc2Cl)c(=O)n(-c2ccccc2)n1C. The number of carbonyl (C=O) groups excluding carboxylic acids is 2. The monoisotopic (exact) mass is 458 g/mol. The number of aromatic nitrogens is 2. The van der Waals surface area contributed by atoms with Crippen LogP contribution >= 0.6 is 11.6 Å². The minimum absolute atomic E-state index is 0.0534. The summed E-state index contributed by atoms with van der Waals surface area (Å²) in [6.07, 6.45) is -1.27. The van der Waals surface area contributed by atoms with Crippen LogP contribution in [0.15, 0.2) is 53.3 Å². The second kappa shape index (κ2) is 9.06. The quantitative estimate of drug-likeness (QED) is 0.343. The van der Waals surface area contributed by atoms with Crippen LogP contribution in [0.2, 0.25) is 5.02 Å². The molecular weight excluding hydrogens is 440 g/mol. The van der Waals surface area contributed by atoms with Gasteiger partial charge in [0.25, 0.3) is 17.2 Å². The van der Waals surface area contributed by atoms with E-state index in [0.29, 0.717) is 11.4 Å². The lowest BCUT2D eigenvalue weighted by Gasteiger charge is -2.13. The molecule has 32 heavy (non-hydrogen) atoms. The summed E-state index contributed by atoms with van der Waals surface area (Å²) in [6.45, 7) is 3.00. The maximum atomic E-state index is 12.9. The Morgan fingerprint density at radius 3 is 2.44 bits per heavy atom. The van der Waals surface area contributed by atoms with E-state index < -0.39 is 28.5 Å². The number of non-ortho nitro benzene ring substituents is 1. The van der Waals surface area contributed by atoms with E-state index in [4.69, 9.17) is 16.3 Å². The summed E-state index contributed by atoms with van der Waals surface area (Å²) in [5.41, 5.74) is 0.324. The Morgan fingerprint density at radius 1 is 1.19 bits per heavy atom. The number of benzene rings is 2. The van der Waals surface area contributed by atoms with E-state index in [2.05, 4.69) is 5.32 Å². The zero-order chi connectivity index (χ0) is 23.6. The lowest BCUT2D eigenvalue weighted by atomic mass is 10.2. The first-order valence-electron chi connectivity index (χ1n) is 9.41. The van der Waals surface area contributed by atoms with Crippen LogP contribution in [0.25, 0.3) is 5.69 Å². The highest BCUT2D eigenvalue weighted by Crippen LogP contribution is 2.23. The van der Waals surface area contributed by atoms with Gasteiger partial charge in [-0.05, 0) is 32.0 Å². The van der Waals surface area contributed by atoms with Crippen LogP contribution in [0.1, 0.15) is 23.0 Å². The second-order valence-corrected chi connectivity index (χ2v) is 7.30. The zero-order valence-corrected chi connectivity index (χ0v) is 18.1. The number of ether oxygens (including phenoxy) is 1. The highest BCUT2D eigenvalue weighted by molar-refractivity contribution is 6.33. The fourth-order valence-corrected chi connectivity index (χ4v) is 3.25. The number of para-hydroxylation sites is 1. The molecule has 11 heteroatoms. The number of carbonyl (C=O) groups is 2.